The minimum atomic E-state index is -2.93. The maximum Gasteiger partial charge on any atom is 0.346 e. The van der Waals surface area contributed by atoms with Crippen molar-refractivity contribution in [3.05, 3.63) is 53.2 Å². The van der Waals surface area contributed by atoms with Crippen LogP contribution in [0, 0.1) is 4.91 Å². The molecule has 1 atom stereocenters. The van der Waals surface area contributed by atoms with Gasteiger partial charge < -0.3 is 4.74 Å². The third kappa shape index (κ3) is 3.54. The van der Waals surface area contributed by atoms with Crippen molar-refractivity contribution < 1.29 is 13.8 Å². The van der Waals surface area contributed by atoms with Gasteiger partial charge in [0.15, 0.2) is 11.4 Å². The third-order valence-corrected chi connectivity index (χ3v) is 7.09. The number of hydrogen-bond donors (Lipinski definition) is 0. The van der Waals surface area contributed by atoms with Crippen LogP contribution in [-0.4, -0.2) is 40.5 Å². The van der Waals surface area contributed by atoms with Crippen LogP contribution in [0.2, 0.25) is 0 Å². The first-order chi connectivity index (χ1) is 12.6. The van der Waals surface area contributed by atoms with Gasteiger partial charge >= 0.3 is 7.67 Å². The van der Waals surface area contributed by atoms with E-state index in [0.29, 0.717) is 11.5 Å². The molecule has 0 bridgehead atoms. The maximum atomic E-state index is 13.1. The van der Waals surface area contributed by atoms with Gasteiger partial charge in [0.25, 0.3) is 0 Å². The molecule has 0 saturated carbocycles. The summed E-state index contributed by atoms with van der Waals surface area (Å²) < 4.78 is 28.6. The van der Waals surface area contributed by atoms with Gasteiger partial charge in [-0.25, -0.2) is 9.34 Å². The molecular formula is C17H19N4O4P. The summed E-state index contributed by atoms with van der Waals surface area (Å²) in [4.78, 5) is 15.1. The summed E-state index contributed by atoms with van der Waals surface area (Å²) in [5.41, 5.74) is 0.949. The van der Waals surface area contributed by atoms with Crippen LogP contribution in [0.4, 0.5) is 5.69 Å². The van der Waals surface area contributed by atoms with E-state index in [2.05, 4.69) is 10.2 Å². The number of ether oxygens (including phenoxy) is 1. The number of benzene rings is 1. The molecule has 0 N–H and O–H groups in total. The molecule has 1 aromatic carbocycles. The predicted octanol–water partition coefficient (Wildman–Crippen LogP) is 4.09. The van der Waals surface area contributed by atoms with Crippen molar-refractivity contribution in [1.29, 1.82) is 0 Å². The molecule has 4 rings (SSSR count). The highest BCUT2D eigenvalue weighted by Crippen LogP contribution is 2.63. The lowest BCUT2D eigenvalue weighted by molar-refractivity contribution is 0.200. The van der Waals surface area contributed by atoms with Gasteiger partial charge in [-0.1, -0.05) is 6.07 Å². The Morgan fingerprint density at radius 2 is 1.92 bits per heavy atom. The molecule has 2 aliphatic rings. The van der Waals surface area contributed by atoms with E-state index in [1.165, 1.54) is 0 Å². The summed E-state index contributed by atoms with van der Waals surface area (Å²) in [6.07, 6.45) is 2.77. The maximum absolute atomic E-state index is 13.1. The highest BCUT2D eigenvalue weighted by molar-refractivity contribution is 7.54. The van der Waals surface area contributed by atoms with Crippen molar-refractivity contribution in [3.63, 3.8) is 0 Å². The Hall–Kier alpha value is -2.12. The zero-order chi connectivity index (χ0) is 18.1. The molecule has 2 fully saturated rings. The molecule has 3 heterocycles. The Labute approximate surface area is 151 Å². The summed E-state index contributed by atoms with van der Waals surface area (Å²) in [6, 6.07) is 8.50. The normalized spacial score (nSPS) is 18.3. The van der Waals surface area contributed by atoms with Crippen LogP contribution >= 0.6 is 7.67 Å². The van der Waals surface area contributed by atoms with Gasteiger partial charge in [0.2, 0.25) is 0 Å². The topological polar surface area (TPSA) is 83.9 Å². The zero-order valence-corrected chi connectivity index (χ0v) is 15.2. The Kier molecular flexibility index (Phi) is 4.58. The van der Waals surface area contributed by atoms with Crippen molar-refractivity contribution in [1.82, 2.24) is 14.3 Å². The van der Waals surface area contributed by atoms with E-state index in [0.717, 1.165) is 31.7 Å². The molecular weight excluding hydrogens is 355 g/mol. The Balaban J connectivity index is 1.57. The number of aromatic nitrogens is 1. The van der Waals surface area contributed by atoms with Crippen LogP contribution in [0.1, 0.15) is 18.6 Å². The average molecular weight is 374 g/mol. The van der Waals surface area contributed by atoms with E-state index in [1.54, 1.807) is 42.7 Å². The lowest BCUT2D eigenvalue weighted by Gasteiger charge is -2.24. The molecule has 1 unspecified atom stereocenters. The predicted molar refractivity (Wildman–Crippen MR) is 96.5 cm³/mol. The number of hydrogen-bond acceptors (Lipinski definition) is 6. The fraction of sp³-hybridized carbons (Fsp3) is 0.353. The largest absolute Gasteiger partial charge is 0.453 e. The van der Waals surface area contributed by atoms with Gasteiger partial charge in [0, 0.05) is 32.4 Å². The zero-order valence-electron chi connectivity index (χ0n) is 14.3. The van der Waals surface area contributed by atoms with Gasteiger partial charge in [0.05, 0.1) is 12.3 Å². The molecule has 0 amide bonds. The van der Waals surface area contributed by atoms with Gasteiger partial charge in [0.1, 0.15) is 5.75 Å². The molecule has 26 heavy (non-hydrogen) atoms. The molecule has 2 aromatic rings. The average Bonchev–Trinajstić information content (AvgIpc) is 3.54. The monoisotopic (exact) mass is 374 g/mol. The number of nitrogens with zero attached hydrogens (tertiary/aromatic N) is 4. The molecule has 0 radical (unpaired) electrons. The number of rotatable bonds is 8. The van der Waals surface area contributed by atoms with Gasteiger partial charge in [-0.3, -0.25) is 14.1 Å². The SMILES string of the molecule is CC(OP(=O)(N1CC1)N1CC1)c1ccc(N=O)c(Oc2cccnc2)c1. The quantitative estimate of drug-likeness (QED) is 0.391. The minimum absolute atomic E-state index is 0.185. The summed E-state index contributed by atoms with van der Waals surface area (Å²) >= 11 is 0. The highest BCUT2D eigenvalue weighted by atomic mass is 31.2. The number of nitroso groups, excluding NO2 is 1. The molecule has 0 aliphatic carbocycles. The Bertz CT molecular complexity index is 839. The molecule has 9 heteroatoms. The lowest BCUT2D eigenvalue weighted by atomic mass is 10.1. The van der Waals surface area contributed by atoms with Crippen molar-refractivity contribution in [2.75, 3.05) is 26.2 Å². The van der Waals surface area contributed by atoms with Crippen LogP contribution in [0.3, 0.4) is 0 Å². The van der Waals surface area contributed by atoms with Crippen LogP contribution in [0.15, 0.2) is 47.9 Å². The van der Waals surface area contributed by atoms with Gasteiger partial charge in [-0.05, 0) is 41.9 Å². The fourth-order valence-corrected chi connectivity index (χ4v) is 5.00. The van der Waals surface area contributed by atoms with E-state index in [-0.39, 0.29) is 5.69 Å². The molecule has 136 valence electrons. The third-order valence-electron chi connectivity index (χ3n) is 4.27. The van der Waals surface area contributed by atoms with Gasteiger partial charge in [-0.2, -0.15) is 0 Å². The minimum Gasteiger partial charge on any atom is -0.453 e. The van der Waals surface area contributed by atoms with Crippen LogP contribution in [-0.2, 0) is 9.09 Å². The van der Waals surface area contributed by atoms with Gasteiger partial charge in [-0.15, -0.1) is 4.91 Å². The molecule has 0 spiro atoms. The Morgan fingerprint density at radius 3 is 2.50 bits per heavy atom. The van der Waals surface area contributed by atoms with Crippen LogP contribution < -0.4 is 4.74 Å². The molecule has 1 aromatic heterocycles. The van der Waals surface area contributed by atoms with E-state index >= 15 is 0 Å². The van der Waals surface area contributed by atoms with E-state index in [1.807, 2.05) is 16.3 Å². The second kappa shape index (κ2) is 6.89. The smallest absolute Gasteiger partial charge is 0.346 e. The van der Waals surface area contributed by atoms with Crippen LogP contribution in [0.25, 0.3) is 0 Å². The summed E-state index contributed by atoms with van der Waals surface area (Å²) in [5, 5.41) is 3.01. The lowest BCUT2D eigenvalue weighted by Crippen LogP contribution is -2.10. The summed E-state index contributed by atoms with van der Waals surface area (Å²) in [7, 11) is -2.93. The van der Waals surface area contributed by atoms with E-state index in [9.17, 15) is 9.47 Å². The van der Waals surface area contributed by atoms with Crippen molar-refractivity contribution in [3.8, 4) is 11.5 Å². The first kappa shape index (κ1) is 17.3. The second-order valence-electron chi connectivity index (χ2n) is 6.25. The highest BCUT2D eigenvalue weighted by Gasteiger charge is 2.50. The summed E-state index contributed by atoms with van der Waals surface area (Å²) in [6.45, 7) is 5.03. The molecule has 2 aliphatic heterocycles. The Morgan fingerprint density at radius 1 is 1.19 bits per heavy atom. The number of pyridine rings is 1. The van der Waals surface area contributed by atoms with Crippen molar-refractivity contribution in [2.24, 2.45) is 5.18 Å². The van der Waals surface area contributed by atoms with Crippen molar-refractivity contribution in [2.45, 2.75) is 13.0 Å². The van der Waals surface area contributed by atoms with Crippen molar-refractivity contribution >= 4 is 13.4 Å². The first-order valence-corrected chi connectivity index (χ1v) is 9.97. The molecule has 8 nitrogen and oxygen atoms in total. The standard InChI is InChI=1S/C17H19N4O4P/c1-13(25-26(23,20-7-8-20)21-9-10-21)14-4-5-16(19-22)17(11-14)24-15-3-2-6-18-12-15/h2-6,11-13H,7-10H2,1H3. The fourth-order valence-electron chi connectivity index (χ4n) is 2.65. The van der Waals surface area contributed by atoms with E-state index < -0.39 is 13.8 Å². The summed E-state index contributed by atoms with van der Waals surface area (Å²) in [5.74, 6) is 0.816. The van der Waals surface area contributed by atoms with E-state index in [4.69, 9.17) is 9.26 Å². The van der Waals surface area contributed by atoms with Crippen LogP contribution in [0.5, 0.6) is 11.5 Å². The first-order valence-electron chi connectivity index (χ1n) is 8.44. The molecule has 2 saturated heterocycles. The second-order valence-corrected chi connectivity index (χ2v) is 8.58.